The van der Waals surface area contributed by atoms with Crippen LogP contribution in [-0.4, -0.2) is 99.2 Å². The van der Waals surface area contributed by atoms with Crippen molar-refractivity contribution < 1.29 is 28.7 Å². The maximum Gasteiger partial charge on any atom is 0.407 e. The molecule has 0 unspecified atom stereocenters. The van der Waals surface area contributed by atoms with Crippen molar-refractivity contribution in [2.24, 2.45) is 11.3 Å². The molecule has 5 atom stereocenters. The number of nitrogens with zero attached hydrogens (tertiary/aromatic N) is 5. The molecule has 4 N–H and O–H groups in total. The monoisotopic (exact) mass is 825 g/mol. The quantitative estimate of drug-likeness (QED) is 0.0995. The number of aromatic amines is 2. The summed E-state index contributed by atoms with van der Waals surface area (Å²) in [4.78, 5) is 75.1. The van der Waals surface area contributed by atoms with E-state index in [4.69, 9.17) is 21.0 Å². The summed E-state index contributed by atoms with van der Waals surface area (Å²) < 4.78 is 9.53. The molecule has 61 heavy (non-hydrogen) atoms. The summed E-state index contributed by atoms with van der Waals surface area (Å²) in [6.07, 6.45) is 6.11. The summed E-state index contributed by atoms with van der Waals surface area (Å²) in [5, 5.41) is 7.52. The van der Waals surface area contributed by atoms with Crippen LogP contribution in [-0.2, 0) is 19.1 Å². The van der Waals surface area contributed by atoms with Gasteiger partial charge in [0.15, 0.2) is 0 Å². The van der Waals surface area contributed by atoms with Crippen LogP contribution in [0.1, 0.15) is 76.6 Å². The number of hydrogen-bond donors (Lipinski definition) is 4. The van der Waals surface area contributed by atoms with Gasteiger partial charge in [-0.15, -0.1) is 0 Å². The van der Waals surface area contributed by atoms with Crippen LogP contribution < -0.4 is 10.6 Å². The number of rotatable bonds is 11. The first kappa shape index (κ1) is 41.1. The van der Waals surface area contributed by atoms with E-state index in [0.717, 1.165) is 69.5 Å². The van der Waals surface area contributed by atoms with Crippen LogP contribution in [0.5, 0.6) is 0 Å². The minimum absolute atomic E-state index is 0.112. The maximum absolute atomic E-state index is 13.9. The largest absolute Gasteiger partial charge is 0.453 e. The topological polar surface area (TPSA) is 179 Å². The zero-order valence-electron chi connectivity index (χ0n) is 35.0. The van der Waals surface area contributed by atoms with Crippen molar-refractivity contribution in [3.63, 3.8) is 0 Å². The zero-order valence-corrected chi connectivity index (χ0v) is 35.0. The first-order valence-corrected chi connectivity index (χ1v) is 20.8. The molecule has 4 heterocycles. The number of aromatic nitrogens is 4. The number of carbonyl (C=O) groups is 4. The number of hydrogen-bond acceptors (Lipinski definition) is 8. The summed E-state index contributed by atoms with van der Waals surface area (Å²) >= 11 is 0. The van der Waals surface area contributed by atoms with Crippen LogP contribution in [0.2, 0.25) is 0 Å². The highest BCUT2D eigenvalue weighted by Crippen LogP contribution is 2.58. The Hall–Kier alpha value is -6.69. The Morgan fingerprint density at radius 2 is 1.38 bits per heavy atom. The summed E-state index contributed by atoms with van der Waals surface area (Å²) in [7, 11) is 2.56. The second-order valence-corrected chi connectivity index (χ2v) is 16.9. The highest BCUT2D eigenvalue weighted by Gasteiger charge is 2.55. The molecule has 15 nitrogen and oxygen atoms in total. The third-order valence-electron chi connectivity index (χ3n) is 12.6. The third-order valence-corrected chi connectivity index (χ3v) is 12.6. The van der Waals surface area contributed by atoms with E-state index in [-0.39, 0.29) is 41.8 Å². The Morgan fingerprint density at radius 3 is 1.98 bits per heavy atom. The number of fused-ring (bicyclic) bond motifs is 1. The molecule has 1 aliphatic carbocycles. The van der Waals surface area contributed by atoms with Gasteiger partial charge in [-0.25, -0.2) is 26.1 Å². The minimum atomic E-state index is -0.769. The molecule has 2 aliphatic heterocycles. The van der Waals surface area contributed by atoms with E-state index in [1.165, 1.54) is 14.2 Å². The Balaban J connectivity index is 0.960. The van der Waals surface area contributed by atoms with Crippen molar-refractivity contribution in [3.8, 4) is 33.6 Å². The molecule has 1 spiro atoms. The van der Waals surface area contributed by atoms with Crippen molar-refractivity contribution in [1.82, 2.24) is 40.4 Å². The summed E-state index contributed by atoms with van der Waals surface area (Å²) in [6, 6.07) is 18.5. The first-order chi connectivity index (χ1) is 29.4. The lowest BCUT2D eigenvalue weighted by Crippen LogP contribution is -2.51. The van der Waals surface area contributed by atoms with Crippen molar-refractivity contribution in [2.75, 3.05) is 27.3 Å². The summed E-state index contributed by atoms with van der Waals surface area (Å²) in [5.41, 5.74) is 5.81. The standard InChI is InChI=1S/C46H51N9O6/c1-7-34(52-44(58)60-5)42(56)54-24-33(47-4)20-37(54)40-48-22-35(50-40)28-10-8-27(9-11-28)29-12-13-31-19-32(15-14-30(31)18-29)36-23-49-41(51-36)38-21-46(16-17-46)25-55(38)43(57)39(26(2)3)53-45(59)61-6/h8-15,18-19,22-23,26,33-34,37-39H,7,16-17,20-21,24-25H2,1-3,5-6H3,(H,48,50)(H,49,51)(H,52,58)(H,53,59)/t33-,34-,37-,38-,39-/m0/s1. The van der Waals surface area contributed by atoms with Crippen LogP contribution in [0.3, 0.4) is 0 Å². The molecule has 5 aromatic rings. The number of amides is 4. The number of nitrogens with one attached hydrogen (secondary N) is 4. The molecule has 2 aromatic heterocycles. The molecule has 1 saturated carbocycles. The van der Waals surface area contributed by atoms with Crippen molar-refractivity contribution in [2.45, 2.75) is 83.1 Å². The van der Waals surface area contributed by atoms with E-state index >= 15 is 0 Å². The third kappa shape index (κ3) is 8.27. The molecule has 8 rings (SSSR count). The van der Waals surface area contributed by atoms with Crippen molar-refractivity contribution in [1.29, 1.82) is 0 Å². The van der Waals surface area contributed by atoms with Gasteiger partial charge >= 0.3 is 12.2 Å². The van der Waals surface area contributed by atoms with E-state index in [1.807, 2.05) is 44.0 Å². The van der Waals surface area contributed by atoms with Gasteiger partial charge in [-0.2, -0.15) is 0 Å². The van der Waals surface area contributed by atoms with Gasteiger partial charge in [0.1, 0.15) is 23.7 Å². The molecule has 15 heteroatoms. The van der Waals surface area contributed by atoms with Gasteiger partial charge in [-0.1, -0.05) is 69.3 Å². The number of imidazole rings is 2. The summed E-state index contributed by atoms with van der Waals surface area (Å²) in [6.45, 7) is 14.2. The molecule has 3 aromatic carbocycles. The Morgan fingerprint density at radius 1 is 0.803 bits per heavy atom. The molecule has 3 fully saturated rings. The molecule has 0 radical (unpaired) electrons. The normalized spacial score (nSPS) is 20.0. The van der Waals surface area contributed by atoms with E-state index < -0.39 is 30.3 Å². The fraction of sp³-hybridized carbons (Fsp3) is 0.413. The second kappa shape index (κ2) is 16.8. The average molecular weight is 826 g/mol. The van der Waals surface area contributed by atoms with E-state index in [2.05, 4.69) is 79.0 Å². The fourth-order valence-electron chi connectivity index (χ4n) is 8.84. The zero-order chi connectivity index (χ0) is 43.0. The predicted octanol–water partition coefficient (Wildman–Crippen LogP) is 7.42. The maximum atomic E-state index is 13.9. The lowest BCUT2D eigenvalue weighted by atomic mass is 9.98. The van der Waals surface area contributed by atoms with Crippen LogP contribution in [0.25, 0.3) is 49.3 Å². The van der Waals surface area contributed by atoms with Gasteiger partial charge in [0.25, 0.3) is 0 Å². The van der Waals surface area contributed by atoms with E-state index in [0.29, 0.717) is 25.2 Å². The van der Waals surface area contributed by atoms with Crippen molar-refractivity contribution >= 4 is 34.8 Å². The van der Waals surface area contributed by atoms with Gasteiger partial charge in [0.2, 0.25) is 17.9 Å². The van der Waals surface area contributed by atoms with Gasteiger partial charge < -0.3 is 44.7 Å². The van der Waals surface area contributed by atoms with Gasteiger partial charge in [0.05, 0.1) is 63.1 Å². The van der Waals surface area contributed by atoms with E-state index in [1.54, 1.807) is 11.1 Å². The van der Waals surface area contributed by atoms with Crippen LogP contribution in [0.4, 0.5) is 9.59 Å². The Bertz CT molecular complexity index is 2500. The highest BCUT2D eigenvalue weighted by molar-refractivity contribution is 5.91. The number of methoxy groups -OCH3 is 2. The average Bonchev–Trinajstić information content (AvgIpc) is 3.78. The number of H-pyrrole nitrogens is 2. The lowest BCUT2D eigenvalue weighted by molar-refractivity contribution is -0.136. The first-order valence-electron chi connectivity index (χ1n) is 20.8. The molecule has 2 saturated heterocycles. The minimum Gasteiger partial charge on any atom is -0.453 e. The van der Waals surface area contributed by atoms with Crippen LogP contribution in [0, 0.1) is 17.9 Å². The SMILES string of the molecule is [C-]#[N+][C@H]1C[C@@H](c2ncc(-c3ccc(-c4ccc5cc(-c6cnc([C@@H]7CC8(CC8)CN7C(=O)[C@@H](NC(=O)OC)C(C)C)[nH]6)ccc5c4)cc3)[nH]2)N(C(=O)[C@H](CC)NC(=O)OC)C1. The van der Waals surface area contributed by atoms with Crippen LogP contribution in [0.15, 0.2) is 73.1 Å². The molecule has 3 aliphatic rings. The molecular formula is C46H51N9O6. The number of alkyl carbamates (subject to hydrolysis) is 2. The highest BCUT2D eigenvalue weighted by atomic mass is 16.5. The fourth-order valence-corrected chi connectivity index (χ4v) is 8.84. The van der Waals surface area contributed by atoms with Crippen LogP contribution >= 0.6 is 0 Å². The number of likely N-dealkylation sites (tertiary alicyclic amines) is 2. The number of ether oxygens (including phenoxy) is 2. The lowest BCUT2D eigenvalue weighted by Gasteiger charge is -2.30. The van der Waals surface area contributed by atoms with Gasteiger partial charge in [-0.3, -0.25) is 9.59 Å². The second-order valence-electron chi connectivity index (χ2n) is 16.9. The predicted molar refractivity (Wildman–Crippen MR) is 229 cm³/mol. The molecule has 316 valence electrons. The smallest absolute Gasteiger partial charge is 0.407 e. The molecular weight excluding hydrogens is 775 g/mol. The molecule has 0 bridgehead atoms. The number of carbonyl (C=O) groups excluding carboxylic acids is 4. The van der Waals surface area contributed by atoms with Gasteiger partial charge in [0, 0.05) is 12.1 Å². The summed E-state index contributed by atoms with van der Waals surface area (Å²) in [5.74, 6) is 0.845. The van der Waals surface area contributed by atoms with Gasteiger partial charge in [-0.05, 0) is 76.6 Å². The van der Waals surface area contributed by atoms with Crippen molar-refractivity contribution in [3.05, 3.63) is 96.1 Å². The molecule has 4 amide bonds. The van der Waals surface area contributed by atoms with E-state index in [9.17, 15) is 19.2 Å². The Labute approximate surface area is 354 Å². The number of benzene rings is 3. The Kier molecular flexibility index (Phi) is 11.3.